The Kier molecular flexibility index (Phi) is 10.7. The monoisotopic (exact) mass is 549 g/mol. The van der Waals surface area contributed by atoms with Gasteiger partial charge in [-0.1, -0.05) is 86.1 Å². The van der Waals surface area contributed by atoms with Crippen LogP contribution in [0.2, 0.25) is 0 Å². The molecular weight excluding hydrogens is 510 g/mol. The van der Waals surface area contributed by atoms with E-state index in [0.29, 0.717) is 18.7 Å². The number of hydrogen-bond acceptors (Lipinski definition) is 4. The molecule has 39 heavy (non-hydrogen) atoms. The molecule has 1 atom stereocenters. The SMILES string of the molecule is CCCNC(=O)[C@H](Cc1ccccc1)N(Cc1ccc(C)cc1)C(=O)CN(c1ccc(CC)cc1)S(C)(=O)=O. The number of rotatable bonds is 13. The molecule has 0 bridgehead atoms. The van der Waals surface area contributed by atoms with Crippen molar-refractivity contribution in [1.29, 1.82) is 0 Å². The van der Waals surface area contributed by atoms with Crippen molar-refractivity contribution < 1.29 is 18.0 Å². The van der Waals surface area contributed by atoms with Crippen LogP contribution in [-0.4, -0.2) is 50.5 Å². The summed E-state index contributed by atoms with van der Waals surface area (Å²) >= 11 is 0. The van der Waals surface area contributed by atoms with E-state index in [0.717, 1.165) is 45.7 Å². The molecule has 0 aromatic heterocycles. The average molecular weight is 550 g/mol. The Hall–Kier alpha value is -3.65. The summed E-state index contributed by atoms with van der Waals surface area (Å²) < 4.78 is 26.8. The lowest BCUT2D eigenvalue weighted by Gasteiger charge is -2.33. The molecule has 0 spiro atoms. The van der Waals surface area contributed by atoms with Crippen molar-refractivity contribution in [1.82, 2.24) is 10.2 Å². The van der Waals surface area contributed by atoms with Crippen LogP contribution in [0.5, 0.6) is 0 Å². The number of carbonyl (C=O) groups excluding carboxylic acids is 2. The Morgan fingerprint density at radius 1 is 0.846 bits per heavy atom. The number of nitrogens with zero attached hydrogens (tertiary/aromatic N) is 2. The van der Waals surface area contributed by atoms with Gasteiger partial charge < -0.3 is 10.2 Å². The Labute approximate surface area is 232 Å². The van der Waals surface area contributed by atoms with Crippen LogP contribution in [0.1, 0.15) is 42.5 Å². The second-order valence-corrected chi connectivity index (χ2v) is 11.7. The molecule has 0 aliphatic heterocycles. The zero-order chi connectivity index (χ0) is 28.4. The topological polar surface area (TPSA) is 86.8 Å². The molecule has 1 N–H and O–H groups in total. The van der Waals surface area contributed by atoms with Gasteiger partial charge in [0.15, 0.2) is 0 Å². The van der Waals surface area contributed by atoms with Crippen LogP contribution >= 0.6 is 0 Å². The number of sulfonamides is 1. The van der Waals surface area contributed by atoms with Crippen LogP contribution in [0.3, 0.4) is 0 Å². The van der Waals surface area contributed by atoms with Crippen LogP contribution in [-0.2, 0) is 39.0 Å². The van der Waals surface area contributed by atoms with Crippen molar-refractivity contribution in [3.8, 4) is 0 Å². The Morgan fingerprint density at radius 2 is 1.46 bits per heavy atom. The van der Waals surface area contributed by atoms with Crippen molar-refractivity contribution in [3.05, 3.63) is 101 Å². The molecule has 3 aromatic rings. The minimum atomic E-state index is -3.78. The lowest BCUT2D eigenvalue weighted by molar-refractivity contribution is -0.140. The average Bonchev–Trinajstić information content (AvgIpc) is 2.93. The molecular formula is C31H39N3O4S. The molecule has 0 unspecified atom stereocenters. The normalized spacial score (nSPS) is 12.0. The minimum Gasteiger partial charge on any atom is -0.354 e. The summed E-state index contributed by atoms with van der Waals surface area (Å²) in [4.78, 5) is 29.0. The van der Waals surface area contributed by atoms with Crippen LogP contribution in [0.4, 0.5) is 5.69 Å². The zero-order valence-electron chi connectivity index (χ0n) is 23.3. The van der Waals surface area contributed by atoms with Crippen LogP contribution in [0.25, 0.3) is 0 Å². The lowest BCUT2D eigenvalue weighted by atomic mass is 10.0. The van der Waals surface area contributed by atoms with Gasteiger partial charge >= 0.3 is 0 Å². The van der Waals surface area contributed by atoms with E-state index in [2.05, 4.69) is 5.32 Å². The molecule has 3 rings (SSSR count). The Bertz CT molecular complexity index is 1320. The summed E-state index contributed by atoms with van der Waals surface area (Å²) in [5.74, 6) is -0.715. The van der Waals surface area contributed by atoms with E-state index in [4.69, 9.17) is 0 Å². The smallest absolute Gasteiger partial charge is 0.244 e. The quantitative estimate of drug-likeness (QED) is 0.340. The molecule has 0 fully saturated rings. The molecule has 0 aliphatic carbocycles. The van der Waals surface area contributed by atoms with E-state index < -0.39 is 28.5 Å². The summed E-state index contributed by atoms with van der Waals surface area (Å²) in [5, 5.41) is 2.95. The number of anilines is 1. The second-order valence-electron chi connectivity index (χ2n) is 9.79. The van der Waals surface area contributed by atoms with Gasteiger partial charge in [-0.2, -0.15) is 0 Å². The van der Waals surface area contributed by atoms with Crippen LogP contribution < -0.4 is 9.62 Å². The van der Waals surface area contributed by atoms with Crippen molar-refractivity contribution in [2.75, 3.05) is 23.7 Å². The summed E-state index contributed by atoms with van der Waals surface area (Å²) in [6.45, 7) is 6.21. The van der Waals surface area contributed by atoms with Gasteiger partial charge in [0, 0.05) is 19.5 Å². The molecule has 0 saturated carbocycles. The number of nitrogens with one attached hydrogen (secondary N) is 1. The van der Waals surface area contributed by atoms with Crippen LogP contribution in [0.15, 0.2) is 78.9 Å². The first-order chi connectivity index (χ1) is 18.6. The van der Waals surface area contributed by atoms with E-state index in [-0.39, 0.29) is 12.5 Å². The fourth-order valence-electron chi connectivity index (χ4n) is 4.32. The number of carbonyl (C=O) groups is 2. The van der Waals surface area contributed by atoms with Gasteiger partial charge in [-0.05, 0) is 48.6 Å². The highest BCUT2D eigenvalue weighted by molar-refractivity contribution is 7.92. The van der Waals surface area contributed by atoms with Crippen molar-refractivity contribution in [2.24, 2.45) is 0 Å². The largest absolute Gasteiger partial charge is 0.354 e. The fraction of sp³-hybridized carbons (Fsp3) is 0.355. The molecule has 0 heterocycles. The first-order valence-corrected chi connectivity index (χ1v) is 15.2. The van der Waals surface area contributed by atoms with Gasteiger partial charge in [-0.15, -0.1) is 0 Å². The van der Waals surface area contributed by atoms with Gasteiger partial charge in [0.2, 0.25) is 21.8 Å². The van der Waals surface area contributed by atoms with Gasteiger partial charge in [0.1, 0.15) is 12.6 Å². The van der Waals surface area contributed by atoms with Crippen LogP contribution in [0, 0.1) is 6.92 Å². The summed E-state index contributed by atoms with van der Waals surface area (Å²) in [7, 11) is -3.78. The van der Waals surface area contributed by atoms with Gasteiger partial charge in [0.05, 0.1) is 11.9 Å². The van der Waals surface area contributed by atoms with Gasteiger partial charge in [-0.3, -0.25) is 13.9 Å². The first kappa shape index (κ1) is 29.9. The maximum atomic E-state index is 14.0. The maximum Gasteiger partial charge on any atom is 0.244 e. The molecule has 0 aliphatic rings. The second kappa shape index (κ2) is 13.9. The predicted molar refractivity (Wildman–Crippen MR) is 157 cm³/mol. The zero-order valence-corrected chi connectivity index (χ0v) is 24.1. The summed E-state index contributed by atoms with van der Waals surface area (Å²) in [5.41, 5.74) is 4.32. The molecule has 2 amide bonds. The van der Waals surface area contributed by atoms with Crippen molar-refractivity contribution in [3.63, 3.8) is 0 Å². The number of amides is 2. The number of benzene rings is 3. The number of hydrogen-bond donors (Lipinski definition) is 1. The highest BCUT2D eigenvalue weighted by Gasteiger charge is 2.32. The fourth-order valence-corrected chi connectivity index (χ4v) is 5.17. The van der Waals surface area contributed by atoms with E-state index >= 15 is 0 Å². The number of aryl methyl sites for hydroxylation is 2. The molecule has 0 radical (unpaired) electrons. The molecule has 8 heteroatoms. The summed E-state index contributed by atoms with van der Waals surface area (Å²) in [6, 6.07) is 23.6. The van der Waals surface area contributed by atoms with Crippen molar-refractivity contribution in [2.45, 2.75) is 52.6 Å². The third-order valence-electron chi connectivity index (χ3n) is 6.61. The molecule has 3 aromatic carbocycles. The van der Waals surface area contributed by atoms with E-state index in [1.807, 2.05) is 87.5 Å². The van der Waals surface area contributed by atoms with E-state index in [9.17, 15) is 18.0 Å². The van der Waals surface area contributed by atoms with Gasteiger partial charge in [0.25, 0.3) is 0 Å². The first-order valence-electron chi connectivity index (χ1n) is 13.4. The van der Waals surface area contributed by atoms with E-state index in [1.54, 1.807) is 12.1 Å². The Balaban J connectivity index is 2.02. The standard InChI is InChI=1S/C31H39N3O4S/c1-5-20-32-31(36)29(21-26-10-8-7-9-11-26)33(22-27-14-12-24(3)13-15-27)30(35)23-34(39(4,37)38)28-18-16-25(6-2)17-19-28/h7-19,29H,5-6,20-23H2,1-4H3,(H,32,36)/t29-/m0/s1. The predicted octanol–water partition coefficient (Wildman–Crippen LogP) is 4.49. The highest BCUT2D eigenvalue weighted by atomic mass is 32.2. The Morgan fingerprint density at radius 3 is 2.03 bits per heavy atom. The maximum absolute atomic E-state index is 14.0. The summed E-state index contributed by atoms with van der Waals surface area (Å²) in [6.07, 6.45) is 2.97. The third-order valence-corrected chi connectivity index (χ3v) is 7.75. The lowest BCUT2D eigenvalue weighted by Crippen LogP contribution is -2.53. The third kappa shape index (κ3) is 8.68. The highest BCUT2D eigenvalue weighted by Crippen LogP contribution is 2.21. The van der Waals surface area contributed by atoms with Crippen molar-refractivity contribution >= 4 is 27.5 Å². The molecule has 0 saturated heterocycles. The van der Waals surface area contributed by atoms with E-state index in [1.165, 1.54) is 4.90 Å². The molecule has 7 nitrogen and oxygen atoms in total. The van der Waals surface area contributed by atoms with Gasteiger partial charge in [-0.25, -0.2) is 8.42 Å². The minimum absolute atomic E-state index is 0.169. The molecule has 208 valence electrons.